The van der Waals surface area contributed by atoms with Crippen molar-refractivity contribution in [3.63, 3.8) is 0 Å². The number of piperazine rings is 1. The Kier molecular flexibility index (Phi) is 5.86. The molecule has 4 rings (SSSR count). The molecule has 1 aliphatic rings. The first-order chi connectivity index (χ1) is 14.2. The van der Waals surface area contributed by atoms with Crippen molar-refractivity contribution >= 4 is 17.3 Å². The van der Waals surface area contributed by atoms with E-state index >= 15 is 0 Å². The highest BCUT2D eigenvalue weighted by Crippen LogP contribution is 2.22. The summed E-state index contributed by atoms with van der Waals surface area (Å²) in [5.74, 6) is 0.0123. The van der Waals surface area contributed by atoms with Gasteiger partial charge in [-0.1, -0.05) is 48.5 Å². The van der Waals surface area contributed by atoms with Gasteiger partial charge in [0.1, 0.15) is 5.69 Å². The predicted molar refractivity (Wildman–Crippen MR) is 116 cm³/mol. The molecule has 1 aliphatic heterocycles. The molecule has 1 amide bonds. The summed E-state index contributed by atoms with van der Waals surface area (Å²) in [6.07, 6.45) is 1.77. The molecule has 1 fully saturated rings. The van der Waals surface area contributed by atoms with Gasteiger partial charge in [-0.3, -0.25) is 9.69 Å². The lowest BCUT2D eigenvalue weighted by Crippen LogP contribution is -2.48. The van der Waals surface area contributed by atoms with Crippen LogP contribution in [0, 0.1) is 0 Å². The first kappa shape index (κ1) is 19.2. The van der Waals surface area contributed by atoms with E-state index in [0.29, 0.717) is 5.69 Å². The zero-order valence-electron chi connectivity index (χ0n) is 16.7. The van der Waals surface area contributed by atoms with Crippen molar-refractivity contribution in [3.05, 3.63) is 90.3 Å². The van der Waals surface area contributed by atoms with Crippen LogP contribution in [0.15, 0.2) is 79.0 Å². The van der Waals surface area contributed by atoms with Crippen LogP contribution in [-0.2, 0) is 6.54 Å². The van der Waals surface area contributed by atoms with E-state index in [1.54, 1.807) is 6.20 Å². The van der Waals surface area contributed by atoms with Crippen molar-refractivity contribution in [2.24, 2.45) is 0 Å². The van der Waals surface area contributed by atoms with Gasteiger partial charge < -0.3 is 9.80 Å². The largest absolute Gasteiger partial charge is 0.343 e. The average Bonchev–Trinajstić information content (AvgIpc) is 2.80. The van der Waals surface area contributed by atoms with E-state index in [2.05, 4.69) is 39.0 Å². The maximum absolute atomic E-state index is 12.8. The number of anilines is 2. The van der Waals surface area contributed by atoms with E-state index in [1.807, 2.05) is 60.5 Å². The molecular formula is C24H26N4O. The maximum Gasteiger partial charge on any atom is 0.272 e. The van der Waals surface area contributed by atoms with Crippen LogP contribution in [0.1, 0.15) is 16.1 Å². The van der Waals surface area contributed by atoms with E-state index in [9.17, 15) is 4.79 Å². The quantitative estimate of drug-likeness (QED) is 0.669. The zero-order chi connectivity index (χ0) is 20.1. The Morgan fingerprint density at radius 1 is 0.862 bits per heavy atom. The van der Waals surface area contributed by atoms with Crippen molar-refractivity contribution in [2.75, 3.05) is 38.1 Å². The Balaban J connectivity index is 1.34. The second kappa shape index (κ2) is 8.88. The molecule has 0 saturated carbocycles. The van der Waals surface area contributed by atoms with Gasteiger partial charge in [-0.25, -0.2) is 4.98 Å². The Bertz CT molecular complexity index is 920. The summed E-state index contributed by atoms with van der Waals surface area (Å²) in [5.41, 5.74) is 3.86. The Morgan fingerprint density at radius 3 is 2.14 bits per heavy atom. The summed E-state index contributed by atoms with van der Waals surface area (Å²) >= 11 is 0. The third-order valence-corrected chi connectivity index (χ3v) is 5.41. The molecule has 5 heteroatoms. The smallest absolute Gasteiger partial charge is 0.272 e. The van der Waals surface area contributed by atoms with Gasteiger partial charge in [0.25, 0.3) is 5.91 Å². The molecule has 0 aliphatic carbocycles. The lowest BCUT2D eigenvalue weighted by atomic mass is 10.2. The standard InChI is InChI=1S/C24H26N4O/c1-26(21-10-6-3-7-11-21)22-12-13-23(25-18-22)24(29)28-16-14-27(15-17-28)19-20-8-4-2-5-9-20/h2-13,18H,14-17,19H2,1H3. The summed E-state index contributed by atoms with van der Waals surface area (Å²) in [4.78, 5) is 23.6. The van der Waals surface area contributed by atoms with Gasteiger partial charge in [0.05, 0.1) is 11.9 Å². The Morgan fingerprint density at radius 2 is 1.52 bits per heavy atom. The molecule has 0 unspecified atom stereocenters. The highest BCUT2D eigenvalue weighted by Gasteiger charge is 2.23. The monoisotopic (exact) mass is 386 g/mol. The third kappa shape index (κ3) is 4.63. The minimum absolute atomic E-state index is 0.0123. The maximum atomic E-state index is 12.8. The highest BCUT2D eigenvalue weighted by atomic mass is 16.2. The fourth-order valence-electron chi connectivity index (χ4n) is 3.62. The van der Waals surface area contributed by atoms with Crippen molar-refractivity contribution in [1.82, 2.24) is 14.8 Å². The zero-order valence-corrected chi connectivity index (χ0v) is 16.7. The number of amides is 1. The van der Waals surface area contributed by atoms with E-state index < -0.39 is 0 Å². The Labute approximate surface area is 172 Å². The van der Waals surface area contributed by atoms with Gasteiger partial charge in [0.15, 0.2) is 0 Å². The fraction of sp³-hybridized carbons (Fsp3) is 0.250. The van der Waals surface area contributed by atoms with Crippen LogP contribution >= 0.6 is 0 Å². The number of hydrogen-bond donors (Lipinski definition) is 0. The number of para-hydroxylation sites is 1. The molecule has 29 heavy (non-hydrogen) atoms. The number of nitrogens with zero attached hydrogens (tertiary/aromatic N) is 4. The van der Waals surface area contributed by atoms with Gasteiger partial charge in [-0.05, 0) is 29.8 Å². The number of pyridine rings is 1. The second-order valence-corrected chi connectivity index (χ2v) is 7.35. The SMILES string of the molecule is CN(c1ccccc1)c1ccc(C(=O)N2CCN(Cc3ccccc3)CC2)nc1. The highest BCUT2D eigenvalue weighted by molar-refractivity contribution is 5.92. The lowest BCUT2D eigenvalue weighted by Gasteiger charge is -2.34. The lowest BCUT2D eigenvalue weighted by molar-refractivity contribution is 0.0623. The molecule has 0 bridgehead atoms. The van der Waals surface area contributed by atoms with E-state index in [-0.39, 0.29) is 5.91 Å². The first-order valence-corrected chi connectivity index (χ1v) is 10.0. The number of benzene rings is 2. The Hall–Kier alpha value is -3.18. The molecule has 0 radical (unpaired) electrons. The first-order valence-electron chi connectivity index (χ1n) is 10.0. The van der Waals surface area contributed by atoms with Crippen molar-refractivity contribution in [1.29, 1.82) is 0 Å². The summed E-state index contributed by atoms with van der Waals surface area (Å²) < 4.78 is 0. The number of carbonyl (C=O) groups is 1. The molecule has 0 spiro atoms. The molecule has 3 aromatic rings. The molecule has 5 nitrogen and oxygen atoms in total. The molecule has 2 heterocycles. The van der Waals surface area contributed by atoms with Crippen LogP contribution in [0.4, 0.5) is 11.4 Å². The number of hydrogen-bond acceptors (Lipinski definition) is 4. The average molecular weight is 386 g/mol. The summed E-state index contributed by atoms with van der Waals surface area (Å²) in [6, 6.07) is 24.4. The summed E-state index contributed by atoms with van der Waals surface area (Å²) in [5, 5.41) is 0. The molecule has 0 atom stereocenters. The molecule has 148 valence electrons. The fourth-order valence-corrected chi connectivity index (χ4v) is 3.62. The molecule has 1 saturated heterocycles. The van der Waals surface area contributed by atoms with Gasteiger partial charge in [-0.15, -0.1) is 0 Å². The van der Waals surface area contributed by atoms with Gasteiger partial charge in [0, 0.05) is 45.5 Å². The molecule has 2 aromatic carbocycles. The topological polar surface area (TPSA) is 39.7 Å². The van der Waals surface area contributed by atoms with Crippen LogP contribution in [0.2, 0.25) is 0 Å². The minimum atomic E-state index is 0.0123. The van der Waals surface area contributed by atoms with Gasteiger partial charge in [-0.2, -0.15) is 0 Å². The second-order valence-electron chi connectivity index (χ2n) is 7.35. The van der Waals surface area contributed by atoms with Gasteiger partial charge in [0.2, 0.25) is 0 Å². The van der Waals surface area contributed by atoms with Crippen LogP contribution in [-0.4, -0.2) is 53.9 Å². The van der Waals surface area contributed by atoms with Crippen LogP contribution < -0.4 is 4.90 Å². The van der Waals surface area contributed by atoms with E-state index in [0.717, 1.165) is 44.1 Å². The van der Waals surface area contributed by atoms with Crippen molar-refractivity contribution in [2.45, 2.75) is 6.54 Å². The summed E-state index contributed by atoms with van der Waals surface area (Å²) in [7, 11) is 2.00. The number of carbonyl (C=O) groups excluding carboxylic acids is 1. The predicted octanol–water partition coefficient (Wildman–Crippen LogP) is 3.81. The minimum Gasteiger partial charge on any atom is -0.343 e. The number of aromatic nitrogens is 1. The van der Waals surface area contributed by atoms with Crippen LogP contribution in [0.5, 0.6) is 0 Å². The summed E-state index contributed by atoms with van der Waals surface area (Å²) in [6.45, 7) is 4.17. The molecular weight excluding hydrogens is 360 g/mol. The van der Waals surface area contributed by atoms with Crippen LogP contribution in [0.25, 0.3) is 0 Å². The van der Waals surface area contributed by atoms with Crippen molar-refractivity contribution < 1.29 is 4.79 Å². The van der Waals surface area contributed by atoms with Gasteiger partial charge >= 0.3 is 0 Å². The molecule has 0 N–H and O–H groups in total. The van der Waals surface area contributed by atoms with Crippen LogP contribution in [0.3, 0.4) is 0 Å². The van der Waals surface area contributed by atoms with E-state index in [4.69, 9.17) is 0 Å². The van der Waals surface area contributed by atoms with E-state index in [1.165, 1.54) is 5.56 Å². The molecule has 1 aromatic heterocycles. The van der Waals surface area contributed by atoms with Crippen molar-refractivity contribution in [3.8, 4) is 0 Å². The third-order valence-electron chi connectivity index (χ3n) is 5.41. The number of rotatable bonds is 5. The normalized spacial score (nSPS) is 14.6.